The first-order chi connectivity index (χ1) is 3.13. The van der Waals surface area contributed by atoms with Crippen molar-refractivity contribution in [3.63, 3.8) is 0 Å². The highest BCUT2D eigenvalue weighted by molar-refractivity contribution is 9.10. The highest BCUT2D eigenvalue weighted by atomic mass is 79.9. The monoisotopic (exact) mass is 230 g/mol. The van der Waals surface area contributed by atoms with Gasteiger partial charge >= 0.3 is 0 Å². The van der Waals surface area contributed by atoms with Crippen molar-refractivity contribution in [2.45, 2.75) is 16.3 Å². The Balaban J connectivity index is 2.95. The van der Waals surface area contributed by atoms with Gasteiger partial charge in [0.25, 0.3) is 0 Å². The second-order valence-corrected chi connectivity index (χ2v) is 3.62. The molecule has 0 spiro atoms. The van der Waals surface area contributed by atoms with Crippen molar-refractivity contribution in [3.05, 3.63) is 0 Å². The molecule has 0 rings (SSSR count). The third kappa shape index (κ3) is 6.88. The van der Waals surface area contributed by atoms with Crippen LogP contribution in [-0.2, 0) is 0 Å². The van der Waals surface area contributed by atoms with E-state index in [4.69, 9.17) is 11.5 Å². The van der Waals surface area contributed by atoms with Crippen LogP contribution in [0.25, 0.3) is 0 Å². The van der Waals surface area contributed by atoms with Crippen LogP contribution in [-0.4, -0.2) is 9.90 Å². The van der Waals surface area contributed by atoms with Crippen LogP contribution in [0, 0.1) is 0 Å². The van der Waals surface area contributed by atoms with Gasteiger partial charge in [0.2, 0.25) is 0 Å². The summed E-state index contributed by atoms with van der Waals surface area (Å²) in [7, 11) is 0. The van der Waals surface area contributed by atoms with E-state index in [9.17, 15) is 0 Å². The number of rotatable bonds is 2. The summed E-state index contributed by atoms with van der Waals surface area (Å²) in [6.45, 7) is 0. The Morgan fingerprint density at radius 2 is 1.43 bits per heavy atom. The Kier molecular flexibility index (Phi) is 4.31. The molecule has 0 amide bonds. The maximum Gasteiger partial charge on any atom is 0.0628 e. The van der Waals surface area contributed by atoms with E-state index in [1.807, 2.05) is 0 Å². The number of hydrogen-bond donors (Lipinski definition) is 2. The molecule has 2 atom stereocenters. The van der Waals surface area contributed by atoms with Crippen LogP contribution in [0.1, 0.15) is 6.42 Å². The van der Waals surface area contributed by atoms with E-state index in [-0.39, 0.29) is 9.90 Å². The van der Waals surface area contributed by atoms with Gasteiger partial charge in [-0.25, -0.2) is 0 Å². The Morgan fingerprint density at radius 1 is 1.14 bits per heavy atom. The fourth-order valence-electron chi connectivity index (χ4n) is 0.215. The molecule has 4 heteroatoms. The summed E-state index contributed by atoms with van der Waals surface area (Å²) < 4.78 is 0. The normalized spacial score (nSPS) is 18.9. The standard InChI is InChI=1S/C3H8Br2N2/c4-2(6)1-3(5)7/h2-3H,1,6-7H2. The molecule has 0 aliphatic heterocycles. The van der Waals surface area contributed by atoms with Gasteiger partial charge in [0, 0.05) is 0 Å². The van der Waals surface area contributed by atoms with Gasteiger partial charge in [-0.2, -0.15) is 0 Å². The highest BCUT2D eigenvalue weighted by Crippen LogP contribution is 2.03. The summed E-state index contributed by atoms with van der Waals surface area (Å²) >= 11 is 6.29. The van der Waals surface area contributed by atoms with E-state index in [0.29, 0.717) is 0 Å². The van der Waals surface area contributed by atoms with Crippen molar-refractivity contribution < 1.29 is 0 Å². The number of alkyl halides is 2. The van der Waals surface area contributed by atoms with Gasteiger partial charge in [-0.1, -0.05) is 31.9 Å². The predicted octanol–water partition coefficient (Wildman–Crippen LogP) is 0.736. The first-order valence-electron chi connectivity index (χ1n) is 1.92. The lowest BCUT2D eigenvalue weighted by molar-refractivity contribution is 0.778. The second kappa shape index (κ2) is 3.83. The molecular formula is C3H8Br2N2. The summed E-state index contributed by atoms with van der Waals surface area (Å²) in [6.07, 6.45) is 0.750. The zero-order chi connectivity index (χ0) is 5.86. The molecule has 2 nitrogen and oxygen atoms in total. The number of nitrogens with two attached hydrogens (primary N) is 2. The van der Waals surface area contributed by atoms with E-state index >= 15 is 0 Å². The molecule has 0 saturated heterocycles. The zero-order valence-corrected chi connectivity index (χ0v) is 6.94. The SMILES string of the molecule is NC(Br)CC(N)Br. The lowest BCUT2D eigenvalue weighted by Gasteiger charge is -2.02. The molecule has 0 fully saturated rings. The Bertz CT molecular complexity index is 40.2. The van der Waals surface area contributed by atoms with Gasteiger partial charge in [0.05, 0.1) is 9.90 Å². The average Bonchev–Trinajstić information content (AvgIpc) is 1.27. The maximum absolute atomic E-state index is 5.30. The summed E-state index contributed by atoms with van der Waals surface area (Å²) in [5, 5.41) is 0. The number of hydrogen-bond acceptors (Lipinski definition) is 2. The summed E-state index contributed by atoms with van der Waals surface area (Å²) in [5.74, 6) is 0. The molecule has 0 radical (unpaired) electrons. The molecule has 0 aromatic rings. The van der Waals surface area contributed by atoms with E-state index in [2.05, 4.69) is 31.9 Å². The molecule has 0 aromatic carbocycles. The second-order valence-electron chi connectivity index (χ2n) is 1.27. The van der Waals surface area contributed by atoms with E-state index < -0.39 is 0 Å². The van der Waals surface area contributed by atoms with E-state index in [1.54, 1.807) is 0 Å². The first-order valence-corrected chi connectivity index (χ1v) is 3.75. The molecule has 0 bridgehead atoms. The lowest BCUT2D eigenvalue weighted by Crippen LogP contribution is -2.21. The number of halogens is 2. The minimum absolute atomic E-state index is 0.0156. The molecule has 0 saturated carbocycles. The quantitative estimate of drug-likeness (QED) is 0.544. The molecule has 0 aromatic heterocycles. The summed E-state index contributed by atoms with van der Waals surface area (Å²) in [4.78, 5) is 0.0312. The fourth-order valence-corrected chi connectivity index (χ4v) is 1.52. The molecule has 0 aliphatic rings. The van der Waals surface area contributed by atoms with Gasteiger partial charge in [-0.3, -0.25) is 0 Å². The minimum atomic E-state index is 0.0156. The smallest absolute Gasteiger partial charge is 0.0628 e. The average molecular weight is 232 g/mol. The Morgan fingerprint density at radius 3 is 1.43 bits per heavy atom. The third-order valence-corrected chi connectivity index (χ3v) is 1.20. The zero-order valence-electron chi connectivity index (χ0n) is 3.77. The van der Waals surface area contributed by atoms with Crippen LogP contribution in [0.4, 0.5) is 0 Å². The van der Waals surface area contributed by atoms with Gasteiger partial charge in [0.1, 0.15) is 0 Å². The molecule has 2 unspecified atom stereocenters. The predicted molar refractivity (Wildman–Crippen MR) is 38.4 cm³/mol. The van der Waals surface area contributed by atoms with Crippen molar-refractivity contribution in [3.8, 4) is 0 Å². The minimum Gasteiger partial charge on any atom is -0.319 e. The van der Waals surface area contributed by atoms with Gasteiger partial charge in [-0.05, 0) is 6.42 Å². The van der Waals surface area contributed by atoms with Crippen LogP contribution in [0.2, 0.25) is 0 Å². The Hall–Kier alpha value is 0.880. The van der Waals surface area contributed by atoms with E-state index in [1.165, 1.54) is 0 Å². The lowest BCUT2D eigenvalue weighted by atomic mass is 10.4. The Labute approximate surface area is 59.9 Å². The van der Waals surface area contributed by atoms with Crippen LogP contribution < -0.4 is 11.5 Å². The van der Waals surface area contributed by atoms with Crippen LogP contribution in [0.15, 0.2) is 0 Å². The summed E-state index contributed by atoms with van der Waals surface area (Å²) in [5.41, 5.74) is 10.6. The van der Waals surface area contributed by atoms with Gasteiger partial charge < -0.3 is 11.5 Å². The van der Waals surface area contributed by atoms with Crippen molar-refractivity contribution in [2.24, 2.45) is 11.5 Å². The van der Waals surface area contributed by atoms with Crippen LogP contribution in [0.5, 0.6) is 0 Å². The molecular weight excluding hydrogens is 224 g/mol. The first kappa shape index (κ1) is 7.88. The van der Waals surface area contributed by atoms with Crippen molar-refractivity contribution in [1.82, 2.24) is 0 Å². The van der Waals surface area contributed by atoms with Crippen molar-refractivity contribution in [2.75, 3.05) is 0 Å². The van der Waals surface area contributed by atoms with Crippen LogP contribution >= 0.6 is 31.9 Å². The maximum atomic E-state index is 5.30. The summed E-state index contributed by atoms with van der Waals surface area (Å²) in [6, 6.07) is 0. The van der Waals surface area contributed by atoms with Gasteiger partial charge in [-0.15, -0.1) is 0 Å². The molecule has 0 aliphatic carbocycles. The van der Waals surface area contributed by atoms with Crippen molar-refractivity contribution >= 4 is 31.9 Å². The highest BCUT2D eigenvalue weighted by Gasteiger charge is 1.99. The molecule has 7 heavy (non-hydrogen) atoms. The van der Waals surface area contributed by atoms with Gasteiger partial charge in [0.15, 0.2) is 0 Å². The fraction of sp³-hybridized carbons (Fsp3) is 1.00. The van der Waals surface area contributed by atoms with Crippen molar-refractivity contribution in [1.29, 1.82) is 0 Å². The van der Waals surface area contributed by atoms with Crippen LogP contribution in [0.3, 0.4) is 0 Å². The molecule has 44 valence electrons. The third-order valence-electron chi connectivity index (χ3n) is 0.450. The largest absolute Gasteiger partial charge is 0.319 e. The van der Waals surface area contributed by atoms with E-state index in [0.717, 1.165) is 6.42 Å². The molecule has 0 heterocycles. The molecule has 4 N–H and O–H groups in total. The topological polar surface area (TPSA) is 52.0 Å².